The minimum absolute atomic E-state index is 0.172. The molecule has 0 bridgehead atoms. The standard InChI is InChI=1S/C22H30FN3O2S/c1-3-19-16-18(17-21(23)22(19)26-29(2,27)28)12-9-10-14-20(25)13-8-6-4-5-7-11-15-24/h1,6,8,10,13-14,16-17,26H,4-5,7,9,11-12,15,24-25H2,2H3/b8-6?,14-10+,20-13-. The Kier molecular flexibility index (Phi) is 10.8. The maximum atomic E-state index is 14.3. The average molecular weight is 420 g/mol. The molecule has 0 aliphatic heterocycles. The minimum Gasteiger partial charge on any atom is -0.399 e. The molecule has 7 heteroatoms. The molecule has 0 spiro atoms. The Morgan fingerprint density at radius 3 is 2.66 bits per heavy atom. The minimum atomic E-state index is -3.62. The molecule has 0 saturated heterocycles. The van der Waals surface area contributed by atoms with Crippen LogP contribution in [0.25, 0.3) is 0 Å². The van der Waals surface area contributed by atoms with Crippen LogP contribution in [0.1, 0.15) is 43.2 Å². The monoisotopic (exact) mass is 419 g/mol. The van der Waals surface area contributed by atoms with Gasteiger partial charge in [0.25, 0.3) is 0 Å². The highest BCUT2D eigenvalue weighted by Gasteiger charge is 2.13. The summed E-state index contributed by atoms with van der Waals surface area (Å²) in [5.41, 5.74) is 12.7. The molecule has 0 radical (unpaired) electrons. The van der Waals surface area contributed by atoms with E-state index in [1.54, 1.807) is 12.1 Å². The fraction of sp³-hybridized carbons (Fsp3) is 0.364. The van der Waals surface area contributed by atoms with Crippen molar-refractivity contribution in [2.75, 3.05) is 17.5 Å². The Hall–Kier alpha value is -2.56. The number of anilines is 1. The van der Waals surface area contributed by atoms with Crippen LogP contribution in [0.3, 0.4) is 0 Å². The summed E-state index contributed by atoms with van der Waals surface area (Å²) in [5, 5.41) is 0. The maximum absolute atomic E-state index is 14.3. The van der Waals surface area contributed by atoms with Gasteiger partial charge in [-0.05, 0) is 68.5 Å². The maximum Gasteiger partial charge on any atom is 0.229 e. The van der Waals surface area contributed by atoms with E-state index in [1.807, 2.05) is 18.2 Å². The smallest absolute Gasteiger partial charge is 0.229 e. The highest BCUT2D eigenvalue weighted by molar-refractivity contribution is 7.92. The van der Waals surface area contributed by atoms with Crippen LogP contribution in [-0.4, -0.2) is 21.2 Å². The van der Waals surface area contributed by atoms with Crippen LogP contribution < -0.4 is 16.2 Å². The first-order valence-electron chi connectivity index (χ1n) is 9.52. The van der Waals surface area contributed by atoms with Crippen molar-refractivity contribution in [2.45, 2.75) is 38.5 Å². The molecular formula is C22H30FN3O2S. The number of sulfonamides is 1. The average Bonchev–Trinajstić information content (AvgIpc) is 2.65. The Balaban J connectivity index is 2.59. The molecule has 1 aromatic rings. The quantitative estimate of drug-likeness (QED) is 0.274. The second-order valence-corrected chi connectivity index (χ2v) is 8.44. The summed E-state index contributed by atoms with van der Waals surface area (Å²) in [5.74, 6) is 1.63. The van der Waals surface area contributed by atoms with Crippen LogP contribution in [0.2, 0.25) is 0 Å². The first-order chi connectivity index (χ1) is 13.8. The molecule has 0 aromatic heterocycles. The van der Waals surface area contributed by atoms with E-state index in [2.05, 4.69) is 16.7 Å². The van der Waals surface area contributed by atoms with Gasteiger partial charge in [0.15, 0.2) is 0 Å². The van der Waals surface area contributed by atoms with E-state index in [0.717, 1.165) is 38.5 Å². The summed E-state index contributed by atoms with van der Waals surface area (Å²) < 4.78 is 39.1. The zero-order valence-electron chi connectivity index (χ0n) is 16.8. The molecule has 29 heavy (non-hydrogen) atoms. The number of unbranched alkanes of at least 4 members (excludes halogenated alkanes) is 3. The zero-order valence-corrected chi connectivity index (χ0v) is 17.6. The van der Waals surface area contributed by atoms with Gasteiger partial charge in [-0.2, -0.15) is 0 Å². The van der Waals surface area contributed by atoms with Crippen molar-refractivity contribution < 1.29 is 12.8 Å². The van der Waals surface area contributed by atoms with Gasteiger partial charge in [0, 0.05) is 5.70 Å². The van der Waals surface area contributed by atoms with Crippen molar-refractivity contribution in [3.05, 3.63) is 65.2 Å². The lowest BCUT2D eigenvalue weighted by molar-refractivity contribution is 0.603. The van der Waals surface area contributed by atoms with Gasteiger partial charge in [0.05, 0.1) is 17.5 Å². The first-order valence-corrected chi connectivity index (χ1v) is 11.4. The lowest BCUT2D eigenvalue weighted by atomic mass is 10.0. The normalized spacial score (nSPS) is 12.6. The third-order valence-corrected chi connectivity index (χ3v) is 4.58. The molecule has 158 valence electrons. The lowest BCUT2D eigenvalue weighted by Gasteiger charge is -2.10. The van der Waals surface area contributed by atoms with Gasteiger partial charge in [-0.15, -0.1) is 6.42 Å². The molecule has 0 aliphatic carbocycles. The van der Waals surface area contributed by atoms with Crippen LogP contribution in [0.5, 0.6) is 0 Å². The topological polar surface area (TPSA) is 98.2 Å². The second-order valence-electron chi connectivity index (χ2n) is 6.69. The molecule has 0 saturated carbocycles. The highest BCUT2D eigenvalue weighted by atomic mass is 32.2. The molecule has 5 nitrogen and oxygen atoms in total. The number of allylic oxidation sites excluding steroid dienone is 5. The number of rotatable bonds is 12. The number of benzene rings is 1. The summed E-state index contributed by atoms with van der Waals surface area (Å²) in [7, 11) is -3.62. The molecule has 0 unspecified atom stereocenters. The van der Waals surface area contributed by atoms with Crippen molar-refractivity contribution in [1.29, 1.82) is 0 Å². The van der Waals surface area contributed by atoms with E-state index in [-0.39, 0.29) is 11.3 Å². The largest absolute Gasteiger partial charge is 0.399 e. The number of halogens is 1. The molecule has 5 N–H and O–H groups in total. The number of hydrogen-bond donors (Lipinski definition) is 3. The number of nitrogens with two attached hydrogens (primary N) is 2. The van der Waals surface area contributed by atoms with Crippen LogP contribution in [-0.2, 0) is 16.4 Å². The fourth-order valence-corrected chi connectivity index (χ4v) is 3.17. The van der Waals surface area contributed by atoms with Crippen LogP contribution in [0, 0.1) is 18.2 Å². The number of aryl methyl sites for hydroxylation is 1. The van der Waals surface area contributed by atoms with E-state index in [1.165, 1.54) is 6.07 Å². The van der Waals surface area contributed by atoms with Gasteiger partial charge in [0.1, 0.15) is 5.82 Å². The molecule has 1 rings (SSSR count). The third-order valence-electron chi connectivity index (χ3n) is 4.00. The van der Waals surface area contributed by atoms with Crippen molar-refractivity contribution in [3.63, 3.8) is 0 Å². The molecular weight excluding hydrogens is 389 g/mol. The van der Waals surface area contributed by atoms with Crippen molar-refractivity contribution >= 4 is 15.7 Å². The van der Waals surface area contributed by atoms with E-state index in [0.29, 0.717) is 24.1 Å². The van der Waals surface area contributed by atoms with Crippen LogP contribution in [0.4, 0.5) is 10.1 Å². The Morgan fingerprint density at radius 2 is 2.00 bits per heavy atom. The number of hydrogen-bond acceptors (Lipinski definition) is 4. The van der Waals surface area contributed by atoms with Gasteiger partial charge in [-0.1, -0.05) is 30.6 Å². The molecule has 0 amide bonds. The molecule has 0 fully saturated rings. The van der Waals surface area contributed by atoms with Crippen LogP contribution >= 0.6 is 0 Å². The highest BCUT2D eigenvalue weighted by Crippen LogP contribution is 2.23. The van der Waals surface area contributed by atoms with Crippen molar-refractivity contribution in [2.24, 2.45) is 11.5 Å². The predicted molar refractivity (Wildman–Crippen MR) is 119 cm³/mol. The Labute approximate surface area is 173 Å². The second kappa shape index (κ2) is 12.8. The first kappa shape index (κ1) is 24.5. The summed E-state index contributed by atoms with van der Waals surface area (Å²) in [6, 6.07) is 2.89. The van der Waals surface area contributed by atoms with Gasteiger partial charge in [0.2, 0.25) is 10.0 Å². The molecule has 0 atom stereocenters. The molecule has 0 heterocycles. The van der Waals surface area contributed by atoms with Gasteiger partial charge < -0.3 is 11.5 Å². The zero-order chi connectivity index (χ0) is 21.7. The molecule has 0 aliphatic rings. The summed E-state index contributed by atoms with van der Waals surface area (Å²) in [4.78, 5) is 0. The van der Waals surface area contributed by atoms with Gasteiger partial charge >= 0.3 is 0 Å². The number of nitrogens with one attached hydrogen (secondary N) is 1. The lowest BCUT2D eigenvalue weighted by Crippen LogP contribution is -2.12. The van der Waals surface area contributed by atoms with E-state index >= 15 is 0 Å². The third kappa shape index (κ3) is 10.5. The van der Waals surface area contributed by atoms with Crippen molar-refractivity contribution in [3.8, 4) is 12.3 Å². The van der Waals surface area contributed by atoms with Crippen molar-refractivity contribution in [1.82, 2.24) is 0 Å². The Bertz CT molecular complexity index is 897. The summed E-state index contributed by atoms with van der Waals surface area (Å²) in [6.07, 6.45) is 21.4. The van der Waals surface area contributed by atoms with Gasteiger partial charge in [-0.3, -0.25) is 4.72 Å². The SMILES string of the molecule is C#Cc1cc(CC/C=C/C(N)=C/C=CCCCCCN)cc(F)c1NS(C)(=O)=O. The summed E-state index contributed by atoms with van der Waals surface area (Å²) in [6.45, 7) is 0.736. The predicted octanol–water partition coefficient (Wildman–Crippen LogP) is 3.59. The van der Waals surface area contributed by atoms with Crippen LogP contribution in [0.15, 0.2) is 48.2 Å². The fourth-order valence-electron chi connectivity index (χ4n) is 2.59. The number of terminal acetylenes is 1. The Morgan fingerprint density at radius 1 is 1.24 bits per heavy atom. The van der Waals surface area contributed by atoms with Gasteiger partial charge in [-0.25, -0.2) is 12.8 Å². The summed E-state index contributed by atoms with van der Waals surface area (Å²) >= 11 is 0. The molecule has 1 aromatic carbocycles. The van der Waals surface area contributed by atoms with E-state index in [9.17, 15) is 12.8 Å². The van der Waals surface area contributed by atoms with E-state index < -0.39 is 15.8 Å². The van der Waals surface area contributed by atoms with E-state index in [4.69, 9.17) is 17.9 Å².